The van der Waals surface area contributed by atoms with Gasteiger partial charge in [-0.05, 0) is 99.7 Å². The van der Waals surface area contributed by atoms with Crippen LogP contribution in [0.1, 0.15) is 76.7 Å². The molecule has 2 saturated carbocycles. The van der Waals surface area contributed by atoms with Gasteiger partial charge in [0, 0.05) is 6.42 Å². The van der Waals surface area contributed by atoms with E-state index in [1.807, 2.05) is 0 Å². The maximum absolute atomic E-state index is 14.3. The summed E-state index contributed by atoms with van der Waals surface area (Å²) in [7, 11) is 0. The zero-order valence-electron chi connectivity index (χ0n) is 18.7. The van der Waals surface area contributed by atoms with E-state index in [-0.39, 0.29) is 23.9 Å². The third-order valence-electron chi connectivity index (χ3n) is 7.37. The second-order valence-corrected chi connectivity index (χ2v) is 9.33. The molecule has 0 aliphatic heterocycles. The summed E-state index contributed by atoms with van der Waals surface area (Å²) in [6.07, 6.45) is 12.0. The van der Waals surface area contributed by atoms with Gasteiger partial charge in [0.1, 0.15) is 0 Å². The van der Waals surface area contributed by atoms with E-state index in [4.69, 9.17) is 4.74 Å². The van der Waals surface area contributed by atoms with E-state index < -0.39 is 18.3 Å². The standard InChI is InChI=1S/C26H36F4O/c1-2-31-24-14-13-22(25(29)26(24)30)12-5-18-3-8-20(9-4-18)21-10-6-19(7-11-21)17-23(28)15-16-27/h13-14,17-21H,2-12,15-16H2,1H3/b23-17-. The Bertz CT molecular complexity index is 716. The topological polar surface area (TPSA) is 9.23 Å². The number of alkyl halides is 1. The molecule has 0 heterocycles. The first kappa shape index (κ1) is 24.1. The van der Waals surface area contributed by atoms with Crippen LogP contribution in [0.15, 0.2) is 24.0 Å². The predicted octanol–water partition coefficient (Wildman–Crippen LogP) is 8.12. The minimum Gasteiger partial charge on any atom is -0.491 e. The molecule has 3 rings (SSSR count). The highest BCUT2D eigenvalue weighted by molar-refractivity contribution is 5.31. The van der Waals surface area contributed by atoms with E-state index in [1.165, 1.54) is 18.9 Å². The quantitative estimate of drug-likeness (QED) is 0.352. The number of rotatable bonds is 9. The highest BCUT2D eigenvalue weighted by Crippen LogP contribution is 2.42. The average Bonchev–Trinajstić information content (AvgIpc) is 2.78. The molecule has 1 aromatic rings. The van der Waals surface area contributed by atoms with Crippen LogP contribution in [0.5, 0.6) is 5.75 Å². The van der Waals surface area contributed by atoms with Gasteiger partial charge in [0.2, 0.25) is 5.82 Å². The molecule has 0 unspecified atom stereocenters. The molecular weight excluding hydrogens is 404 g/mol. The fourth-order valence-electron chi connectivity index (χ4n) is 5.55. The number of aryl methyl sites for hydroxylation is 1. The van der Waals surface area contributed by atoms with Crippen LogP contribution in [-0.4, -0.2) is 13.3 Å². The van der Waals surface area contributed by atoms with E-state index in [9.17, 15) is 17.6 Å². The lowest BCUT2D eigenvalue weighted by Gasteiger charge is -2.37. The largest absolute Gasteiger partial charge is 0.491 e. The lowest BCUT2D eigenvalue weighted by molar-refractivity contribution is 0.152. The van der Waals surface area contributed by atoms with Gasteiger partial charge in [-0.15, -0.1) is 0 Å². The van der Waals surface area contributed by atoms with Crippen molar-refractivity contribution in [3.05, 3.63) is 41.2 Å². The summed E-state index contributed by atoms with van der Waals surface area (Å²) in [6, 6.07) is 3.18. The SMILES string of the molecule is CCOc1ccc(CCC2CCC(C3CCC(/C=C(\F)CCF)CC3)CC2)c(F)c1F. The lowest BCUT2D eigenvalue weighted by atomic mass is 9.68. The Morgan fingerprint density at radius 2 is 1.61 bits per heavy atom. The van der Waals surface area contributed by atoms with Crippen molar-refractivity contribution in [2.75, 3.05) is 13.3 Å². The van der Waals surface area contributed by atoms with Crippen LogP contribution in [0.2, 0.25) is 0 Å². The molecule has 31 heavy (non-hydrogen) atoms. The Labute approximate surface area is 184 Å². The third-order valence-corrected chi connectivity index (χ3v) is 7.37. The average molecular weight is 441 g/mol. The van der Waals surface area contributed by atoms with E-state index in [0.29, 0.717) is 30.4 Å². The van der Waals surface area contributed by atoms with Gasteiger partial charge in [-0.25, -0.2) is 8.78 Å². The van der Waals surface area contributed by atoms with Crippen molar-refractivity contribution in [1.82, 2.24) is 0 Å². The first-order valence-electron chi connectivity index (χ1n) is 12.0. The summed E-state index contributed by atoms with van der Waals surface area (Å²) < 4.78 is 59.3. The monoisotopic (exact) mass is 440 g/mol. The molecule has 5 heteroatoms. The number of benzene rings is 1. The maximum atomic E-state index is 14.3. The van der Waals surface area contributed by atoms with Crippen LogP contribution in [-0.2, 0) is 6.42 Å². The second kappa shape index (κ2) is 11.9. The molecule has 0 radical (unpaired) electrons. The van der Waals surface area contributed by atoms with Crippen molar-refractivity contribution in [3.63, 3.8) is 0 Å². The number of allylic oxidation sites excluding steroid dienone is 2. The van der Waals surface area contributed by atoms with E-state index >= 15 is 0 Å². The summed E-state index contributed by atoms with van der Waals surface area (Å²) in [6.45, 7) is 1.44. The zero-order chi connectivity index (χ0) is 22.2. The Hall–Kier alpha value is -1.52. The van der Waals surface area contributed by atoms with Gasteiger partial charge in [-0.3, -0.25) is 4.39 Å². The number of halogens is 4. The van der Waals surface area contributed by atoms with Crippen LogP contribution < -0.4 is 4.74 Å². The molecule has 1 aromatic carbocycles. The summed E-state index contributed by atoms with van der Waals surface area (Å²) >= 11 is 0. The van der Waals surface area contributed by atoms with Crippen molar-refractivity contribution in [2.24, 2.45) is 23.7 Å². The lowest BCUT2D eigenvalue weighted by Crippen LogP contribution is -2.25. The molecular formula is C26H36F4O. The molecule has 0 N–H and O–H groups in total. The highest BCUT2D eigenvalue weighted by Gasteiger charge is 2.30. The Kier molecular flexibility index (Phi) is 9.28. The first-order valence-corrected chi connectivity index (χ1v) is 12.0. The minimum atomic E-state index is -0.877. The summed E-state index contributed by atoms with van der Waals surface area (Å²) in [5.41, 5.74) is 0.439. The number of ether oxygens (including phenoxy) is 1. The van der Waals surface area contributed by atoms with Gasteiger partial charge in [0.05, 0.1) is 19.1 Å². The molecule has 2 aliphatic rings. The molecule has 2 fully saturated rings. The second-order valence-electron chi connectivity index (χ2n) is 9.33. The van der Waals surface area contributed by atoms with E-state index in [1.54, 1.807) is 19.1 Å². The van der Waals surface area contributed by atoms with Gasteiger partial charge in [-0.1, -0.05) is 18.9 Å². The maximum Gasteiger partial charge on any atom is 0.200 e. The van der Waals surface area contributed by atoms with Crippen molar-refractivity contribution in [1.29, 1.82) is 0 Å². The fourth-order valence-corrected chi connectivity index (χ4v) is 5.55. The van der Waals surface area contributed by atoms with Gasteiger partial charge in [0.25, 0.3) is 0 Å². The van der Waals surface area contributed by atoms with Crippen molar-refractivity contribution >= 4 is 0 Å². The van der Waals surface area contributed by atoms with Gasteiger partial charge in [-0.2, -0.15) is 4.39 Å². The van der Waals surface area contributed by atoms with Gasteiger partial charge < -0.3 is 4.74 Å². The highest BCUT2D eigenvalue weighted by atomic mass is 19.2. The van der Waals surface area contributed by atoms with Crippen molar-refractivity contribution < 1.29 is 22.3 Å². The van der Waals surface area contributed by atoms with E-state index in [0.717, 1.165) is 50.9 Å². The minimum absolute atomic E-state index is 0.0142. The molecule has 0 aromatic heterocycles. The van der Waals surface area contributed by atoms with Crippen LogP contribution >= 0.6 is 0 Å². The smallest absolute Gasteiger partial charge is 0.200 e. The van der Waals surface area contributed by atoms with Gasteiger partial charge in [0.15, 0.2) is 11.6 Å². The van der Waals surface area contributed by atoms with Crippen molar-refractivity contribution in [3.8, 4) is 5.75 Å². The molecule has 2 aliphatic carbocycles. The number of hydrogen-bond donors (Lipinski definition) is 0. The van der Waals surface area contributed by atoms with E-state index in [2.05, 4.69) is 0 Å². The van der Waals surface area contributed by atoms with Crippen LogP contribution in [0, 0.1) is 35.3 Å². The molecule has 0 atom stereocenters. The van der Waals surface area contributed by atoms with Crippen molar-refractivity contribution in [2.45, 2.75) is 77.6 Å². The molecule has 0 saturated heterocycles. The number of hydrogen-bond acceptors (Lipinski definition) is 1. The third kappa shape index (κ3) is 6.73. The molecule has 0 spiro atoms. The Balaban J connectivity index is 1.41. The van der Waals surface area contributed by atoms with Gasteiger partial charge >= 0.3 is 0 Å². The fraction of sp³-hybridized carbons (Fsp3) is 0.692. The zero-order valence-corrected chi connectivity index (χ0v) is 18.7. The molecule has 0 amide bonds. The Morgan fingerprint density at radius 3 is 2.23 bits per heavy atom. The molecule has 0 bridgehead atoms. The first-order chi connectivity index (χ1) is 15.0. The Morgan fingerprint density at radius 1 is 0.968 bits per heavy atom. The van der Waals surface area contributed by atoms with Crippen LogP contribution in [0.3, 0.4) is 0 Å². The van der Waals surface area contributed by atoms with Crippen LogP contribution in [0.25, 0.3) is 0 Å². The molecule has 174 valence electrons. The van der Waals surface area contributed by atoms with Crippen LogP contribution in [0.4, 0.5) is 17.6 Å². The summed E-state index contributed by atoms with van der Waals surface area (Å²) in [5.74, 6) is 0.327. The summed E-state index contributed by atoms with van der Waals surface area (Å²) in [5, 5.41) is 0. The normalized spacial score (nSPS) is 27.3. The predicted molar refractivity (Wildman–Crippen MR) is 117 cm³/mol. The molecule has 1 nitrogen and oxygen atoms in total. The summed E-state index contributed by atoms with van der Waals surface area (Å²) in [4.78, 5) is 0.